The van der Waals surface area contributed by atoms with Crippen molar-refractivity contribution in [3.05, 3.63) is 76.7 Å². The van der Waals surface area contributed by atoms with Crippen LogP contribution in [0.5, 0.6) is 11.5 Å². The molecule has 1 aromatic heterocycles. The summed E-state index contributed by atoms with van der Waals surface area (Å²) in [7, 11) is 3.44. The van der Waals surface area contributed by atoms with E-state index in [1.165, 1.54) is 10.5 Å². The van der Waals surface area contributed by atoms with Crippen LogP contribution in [0.4, 0.5) is 5.69 Å². The molecule has 1 aliphatic rings. The summed E-state index contributed by atoms with van der Waals surface area (Å²) in [4.78, 5) is 14.6. The Labute approximate surface area is 205 Å². The van der Waals surface area contributed by atoms with Crippen molar-refractivity contribution in [2.24, 2.45) is 7.05 Å². The lowest BCUT2D eigenvalue weighted by Gasteiger charge is -2.12. The van der Waals surface area contributed by atoms with Gasteiger partial charge in [-0.3, -0.25) is 9.48 Å². The van der Waals surface area contributed by atoms with Gasteiger partial charge in [-0.05, 0) is 66.5 Å². The number of amides is 1. The average molecular weight is 477 g/mol. The molecular formula is C26H28N4O3S. The van der Waals surface area contributed by atoms with Gasteiger partial charge < -0.3 is 14.8 Å². The number of anilines is 1. The number of ether oxygens (including phenoxy) is 2. The van der Waals surface area contributed by atoms with Gasteiger partial charge in [-0.25, -0.2) is 4.90 Å². The molecule has 0 unspecified atom stereocenters. The van der Waals surface area contributed by atoms with Crippen LogP contribution in [0.1, 0.15) is 42.1 Å². The number of methoxy groups -OCH3 is 1. The predicted octanol–water partition coefficient (Wildman–Crippen LogP) is 4.70. The first-order valence-corrected chi connectivity index (χ1v) is 11.4. The number of carbonyl (C=O) groups excluding carboxylic acids is 1. The second-order valence-corrected chi connectivity index (χ2v) is 8.87. The van der Waals surface area contributed by atoms with Crippen molar-refractivity contribution in [3.63, 3.8) is 0 Å². The van der Waals surface area contributed by atoms with Gasteiger partial charge in [0.2, 0.25) is 0 Å². The molecule has 0 atom stereocenters. The molecule has 2 heterocycles. The molecule has 176 valence electrons. The highest BCUT2D eigenvalue weighted by Crippen LogP contribution is 2.27. The van der Waals surface area contributed by atoms with Crippen molar-refractivity contribution in [1.82, 2.24) is 15.1 Å². The number of nitrogens with one attached hydrogen (secondary N) is 1. The molecule has 3 aromatic rings. The number of hydrogen-bond donors (Lipinski definition) is 1. The van der Waals surface area contributed by atoms with Crippen LogP contribution in [0.15, 0.2) is 54.4 Å². The van der Waals surface area contributed by atoms with E-state index in [2.05, 4.69) is 36.4 Å². The maximum atomic E-state index is 13.1. The first-order valence-electron chi connectivity index (χ1n) is 11.0. The lowest BCUT2D eigenvalue weighted by molar-refractivity contribution is -0.113. The minimum Gasteiger partial charge on any atom is -0.496 e. The first-order chi connectivity index (χ1) is 16.3. The Balaban J connectivity index is 1.54. The van der Waals surface area contributed by atoms with Gasteiger partial charge >= 0.3 is 0 Å². The SMILES string of the molecule is COc1ccc(/C=C2/NC(=S)N(c3cn(C)nc3C)C2=O)cc1COc1ccc(C(C)C)cc1. The average Bonchev–Trinajstić information content (AvgIpc) is 3.28. The fourth-order valence-corrected chi connectivity index (χ4v) is 4.13. The quantitative estimate of drug-likeness (QED) is 0.394. The molecule has 1 N–H and O–H groups in total. The van der Waals surface area contributed by atoms with Crippen LogP contribution in [-0.4, -0.2) is 27.9 Å². The van der Waals surface area contributed by atoms with Crippen LogP contribution < -0.4 is 19.7 Å². The maximum absolute atomic E-state index is 13.1. The summed E-state index contributed by atoms with van der Waals surface area (Å²) >= 11 is 5.42. The summed E-state index contributed by atoms with van der Waals surface area (Å²) in [6, 6.07) is 13.8. The molecule has 1 fully saturated rings. The highest BCUT2D eigenvalue weighted by molar-refractivity contribution is 7.80. The minimum absolute atomic E-state index is 0.222. The van der Waals surface area contributed by atoms with Gasteiger partial charge in [-0.15, -0.1) is 0 Å². The van der Waals surface area contributed by atoms with E-state index in [0.717, 1.165) is 28.3 Å². The van der Waals surface area contributed by atoms with E-state index in [1.54, 1.807) is 24.1 Å². The fourth-order valence-electron chi connectivity index (χ4n) is 3.84. The van der Waals surface area contributed by atoms with E-state index in [1.807, 2.05) is 44.3 Å². The van der Waals surface area contributed by atoms with Crippen LogP contribution in [-0.2, 0) is 18.4 Å². The van der Waals surface area contributed by atoms with E-state index in [-0.39, 0.29) is 5.91 Å². The van der Waals surface area contributed by atoms with Gasteiger partial charge in [0.25, 0.3) is 5.91 Å². The maximum Gasteiger partial charge on any atom is 0.281 e. The molecule has 0 aliphatic carbocycles. The van der Waals surface area contributed by atoms with Gasteiger partial charge in [-0.2, -0.15) is 5.10 Å². The molecule has 0 bridgehead atoms. The minimum atomic E-state index is -0.222. The third-order valence-corrected chi connectivity index (χ3v) is 5.95. The van der Waals surface area contributed by atoms with Gasteiger partial charge in [0, 0.05) is 18.8 Å². The second kappa shape index (κ2) is 9.69. The molecule has 0 spiro atoms. The molecule has 0 radical (unpaired) electrons. The molecule has 1 saturated heterocycles. The van der Waals surface area contributed by atoms with Crippen LogP contribution in [0.3, 0.4) is 0 Å². The Morgan fingerprint density at radius 1 is 1.18 bits per heavy atom. The van der Waals surface area contributed by atoms with Gasteiger partial charge in [0.05, 0.1) is 18.5 Å². The summed E-state index contributed by atoms with van der Waals surface area (Å²) in [5.74, 6) is 1.75. The van der Waals surface area contributed by atoms with Crippen molar-refractivity contribution in [3.8, 4) is 11.5 Å². The number of carbonyl (C=O) groups is 1. The van der Waals surface area contributed by atoms with Crippen LogP contribution in [0.2, 0.25) is 0 Å². The van der Waals surface area contributed by atoms with Crippen molar-refractivity contribution >= 4 is 35.0 Å². The summed E-state index contributed by atoms with van der Waals surface area (Å²) < 4.78 is 13.2. The van der Waals surface area contributed by atoms with Gasteiger partial charge in [-0.1, -0.05) is 32.0 Å². The zero-order valence-electron chi connectivity index (χ0n) is 20.0. The first kappa shape index (κ1) is 23.5. The summed E-state index contributed by atoms with van der Waals surface area (Å²) in [6.07, 6.45) is 3.56. The van der Waals surface area contributed by atoms with E-state index >= 15 is 0 Å². The topological polar surface area (TPSA) is 68.6 Å². The zero-order valence-corrected chi connectivity index (χ0v) is 20.8. The summed E-state index contributed by atoms with van der Waals surface area (Å²) in [6.45, 7) is 6.50. The van der Waals surface area contributed by atoms with E-state index in [4.69, 9.17) is 21.7 Å². The van der Waals surface area contributed by atoms with E-state index in [9.17, 15) is 4.79 Å². The number of rotatable bonds is 7. The Morgan fingerprint density at radius 2 is 1.91 bits per heavy atom. The normalized spacial score (nSPS) is 14.8. The standard InChI is InChI=1S/C26H28N4O3S/c1-16(2)19-7-9-21(10-8-19)33-15-20-12-18(6-11-24(20)32-5)13-22-25(31)30(26(34)27-22)23-14-29(4)28-17(23)3/h6-14,16H,15H2,1-5H3,(H,27,34)/b22-13+. The third kappa shape index (κ3) is 4.82. The van der Waals surface area contributed by atoms with Crippen molar-refractivity contribution < 1.29 is 14.3 Å². The molecule has 7 nitrogen and oxygen atoms in total. The van der Waals surface area contributed by atoms with Crippen LogP contribution in [0, 0.1) is 6.92 Å². The number of aromatic nitrogens is 2. The molecule has 34 heavy (non-hydrogen) atoms. The molecule has 1 aliphatic heterocycles. The fraction of sp³-hybridized carbons (Fsp3) is 0.269. The van der Waals surface area contributed by atoms with Crippen LogP contribution >= 0.6 is 12.2 Å². The second-order valence-electron chi connectivity index (χ2n) is 8.49. The molecule has 0 saturated carbocycles. The smallest absolute Gasteiger partial charge is 0.281 e. The van der Waals surface area contributed by atoms with Gasteiger partial charge in [0.1, 0.15) is 23.8 Å². The zero-order chi connectivity index (χ0) is 24.4. The Kier molecular flexibility index (Phi) is 6.70. The van der Waals surface area contributed by atoms with Crippen molar-refractivity contribution in [2.75, 3.05) is 12.0 Å². The van der Waals surface area contributed by atoms with E-state index in [0.29, 0.717) is 29.0 Å². The van der Waals surface area contributed by atoms with Gasteiger partial charge in [0.15, 0.2) is 5.11 Å². The lowest BCUT2D eigenvalue weighted by atomic mass is 10.0. The summed E-state index contributed by atoms with van der Waals surface area (Å²) in [5, 5.41) is 7.67. The Bertz CT molecular complexity index is 1260. The number of hydrogen-bond acceptors (Lipinski definition) is 5. The molecule has 8 heteroatoms. The molecule has 4 rings (SSSR count). The lowest BCUT2D eigenvalue weighted by Crippen LogP contribution is -2.30. The van der Waals surface area contributed by atoms with E-state index < -0.39 is 0 Å². The number of benzene rings is 2. The summed E-state index contributed by atoms with van der Waals surface area (Å²) in [5.41, 5.74) is 4.76. The highest BCUT2D eigenvalue weighted by atomic mass is 32.1. The molecule has 2 aromatic carbocycles. The van der Waals surface area contributed by atoms with Crippen LogP contribution in [0.25, 0.3) is 6.08 Å². The molecule has 1 amide bonds. The number of thiocarbonyl (C=S) groups is 1. The largest absolute Gasteiger partial charge is 0.496 e. The molecular weight excluding hydrogens is 448 g/mol. The highest BCUT2D eigenvalue weighted by Gasteiger charge is 2.33. The third-order valence-electron chi connectivity index (χ3n) is 5.66. The Morgan fingerprint density at radius 3 is 2.53 bits per heavy atom. The van der Waals surface area contributed by atoms with Crippen molar-refractivity contribution in [2.45, 2.75) is 33.3 Å². The van der Waals surface area contributed by atoms with Crippen molar-refractivity contribution in [1.29, 1.82) is 0 Å². The Hall–Kier alpha value is -3.65. The monoisotopic (exact) mass is 476 g/mol. The predicted molar refractivity (Wildman–Crippen MR) is 137 cm³/mol. The number of aryl methyl sites for hydroxylation is 2. The number of nitrogens with zero attached hydrogens (tertiary/aromatic N) is 3.